The SMILES string of the molecule is CC1(C)Cc2c(N3CCOCC3)nc3c(c2C1)C1=NC=NC(N)(Cc2cccnc2)C1S3. The van der Waals surface area contributed by atoms with Gasteiger partial charge in [0.1, 0.15) is 22.8 Å². The van der Waals surface area contributed by atoms with Crippen molar-refractivity contribution in [1.82, 2.24) is 9.97 Å². The van der Waals surface area contributed by atoms with Gasteiger partial charge >= 0.3 is 0 Å². The molecule has 0 spiro atoms. The third kappa shape index (κ3) is 3.27. The Labute approximate surface area is 192 Å². The molecule has 5 heterocycles. The van der Waals surface area contributed by atoms with Crippen molar-refractivity contribution in [2.45, 2.75) is 49.0 Å². The van der Waals surface area contributed by atoms with Crippen molar-refractivity contribution in [3.63, 3.8) is 0 Å². The Balaban J connectivity index is 1.43. The van der Waals surface area contributed by atoms with Crippen LogP contribution in [0.3, 0.4) is 0 Å². The lowest BCUT2D eigenvalue weighted by atomic mass is 9.88. The fourth-order valence-electron chi connectivity index (χ4n) is 5.42. The predicted octanol–water partition coefficient (Wildman–Crippen LogP) is 2.64. The first-order valence-electron chi connectivity index (χ1n) is 11.3. The molecule has 1 saturated heterocycles. The summed E-state index contributed by atoms with van der Waals surface area (Å²) in [7, 11) is 0. The summed E-state index contributed by atoms with van der Waals surface area (Å²) in [4.78, 5) is 21.4. The number of aromatic nitrogens is 2. The zero-order valence-corrected chi connectivity index (χ0v) is 19.4. The fourth-order valence-corrected chi connectivity index (χ4v) is 6.77. The molecule has 2 unspecified atom stereocenters. The monoisotopic (exact) mass is 448 g/mol. The van der Waals surface area contributed by atoms with Gasteiger partial charge in [-0.1, -0.05) is 31.7 Å². The molecule has 1 aliphatic carbocycles. The molecule has 0 aromatic carbocycles. The third-order valence-electron chi connectivity index (χ3n) is 6.87. The van der Waals surface area contributed by atoms with Crippen LogP contribution in [-0.4, -0.2) is 59.2 Å². The van der Waals surface area contributed by atoms with Crippen LogP contribution in [0.25, 0.3) is 0 Å². The van der Waals surface area contributed by atoms with Crippen LogP contribution < -0.4 is 10.6 Å². The van der Waals surface area contributed by atoms with E-state index < -0.39 is 5.66 Å². The summed E-state index contributed by atoms with van der Waals surface area (Å²) in [6.07, 6.45) is 8.00. The number of anilines is 1. The van der Waals surface area contributed by atoms with Crippen LogP contribution in [0.5, 0.6) is 0 Å². The maximum absolute atomic E-state index is 6.95. The van der Waals surface area contributed by atoms with E-state index in [0.717, 1.165) is 61.3 Å². The van der Waals surface area contributed by atoms with E-state index >= 15 is 0 Å². The first-order valence-corrected chi connectivity index (χ1v) is 12.2. The highest BCUT2D eigenvalue weighted by Crippen LogP contribution is 2.51. The van der Waals surface area contributed by atoms with Crippen molar-refractivity contribution in [1.29, 1.82) is 0 Å². The van der Waals surface area contributed by atoms with E-state index in [4.69, 9.17) is 20.4 Å². The highest BCUT2D eigenvalue weighted by molar-refractivity contribution is 8.01. The second-order valence-electron chi connectivity index (χ2n) is 9.98. The number of morpholine rings is 1. The molecule has 6 rings (SSSR count). The summed E-state index contributed by atoms with van der Waals surface area (Å²) in [5.74, 6) is 1.13. The molecule has 32 heavy (non-hydrogen) atoms. The van der Waals surface area contributed by atoms with Crippen molar-refractivity contribution in [2.75, 3.05) is 31.2 Å². The van der Waals surface area contributed by atoms with Gasteiger partial charge in [0.05, 0.1) is 24.2 Å². The smallest absolute Gasteiger partial charge is 0.133 e. The second-order valence-corrected chi connectivity index (χ2v) is 11.1. The Bertz CT molecular complexity index is 1130. The second kappa shape index (κ2) is 7.37. The van der Waals surface area contributed by atoms with Gasteiger partial charge in [0, 0.05) is 37.5 Å². The maximum Gasteiger partial charge on any atom is 0.133 e. The molecular formula is C24H28N6OS. The van der Waals surface area contributed by atoms with Gasteiger partial charge in [-0.3, -0.25) is 4.98 Å². The molecule has 0 saturated carbocycles. The Morgan fingerprint density at radius 2 is 2.03 bits per heavy atom. The van der Waals surface area contributed by atoms with Crippen molar-refractivity contribution in [2.24, 2.45) is 21.1 Å². The number of nitrogens with two attached hydrogens (primary N) is 1. The van der Waals surface area contributed by atoms with Gasteiger partial charge in [-0.15, -0.1) is 0 Å². The van der Waals surface area contributed by atoms with Crippen molar-refractivity contribution < 1.29 is 4.74 Å². The summed E-state index contributed by atoms with van der Waals surface area (Å²) in [5, 5.41) is 1.00. The number of hydrogen-bond acceptors (Lipinski definition) is 8. The van der Waals surface area contributed by atoms with E-state index in [1.54, 1.807) is 24.3 Å². The minimum Gasteiger partial charge on any atom is -0.378 e. The summed E-state index contributed by atoms with van der Waals surface area (Å²) in [6.45, 7) is 7.98. The van der Waals surface area contributed by atoms with E-state index in [9.17, 15) is 0 Å². The minimum atomic E-state index is -0.772. The number of thioether (sulfide) groups is 1. The lowest BCUT2D eigenvalue weighted by molar-refractivity contribution is 0.122. The van der Waals surface area contributed by atoms with E-state index in [1.807, 2.05) is 12.3 Å². The van der Waals surface area contributed by atoms with Crippen molar-refractivity contribution in [3.05, 3.63) is 46.8 Å². The van der Waals surface area contributed by atoms with Crippen LogP contribution >= 0.6 is 11.8 Å². The van der Waals surface area contributed by atoms with Crippen LogP contribution in [0.15, 0.2) is 39.5 Å². The molecule has 0 radical (unpaired) electrons. The summed E-state index contributed by atoms with van der Waals surface area (Å²) in [5.41, 5.74) is 12.5. The minimum absolute atomic E-state index is 0.0528. The first kappa shape index (κ1) is 20.3. The average molecular weight is 449 g/mol. The quantitative estimate of drug-likeness (QED) is 0.777. The molecule has 4 aliphatic rings. The van der Waals surface area contributed by atoms with Crippen molar-refractivity contribution >= 4 is 29.6 Å². The van der Waals surface area contributed by atoms with Crippen LogP contribution in [-0.2, 0) is 24.0 Å². The van der Waals surface area contributed by atoms with Crippen LogP contribution in [0.2, 0.25) is 0 Å². The van der Waals surface area contributed by atoms with Gasteiger partial charge in [-0.25, -0.2) is 15.0 Å². The molecule has 3 aliphatic heterocycles. The van der Waals surface area contributed by atoms with Crippen LogP contribution in [0.4, 0.5) is 5.82 Å². The molecule has 2 aromatic heterocycles. The van der Waals surface area contributed by atoms with Gasteiger partial charge in [0.15, 0.2) is 0 Å². The van der Waals surface area contributed by atoms with E-state index in [0.29, 0.717) is 6.42 Å². The van der Waals surface area contributed by atoms with E-state index in [1.165, 1.54) is 16.7 Å². The molecular weight excluding hydrogens is 420 g/mol. The molecule has 1 fully saturated rings. The van der Waals surface area contributed by atoms with E-state index in [2.05, 4.69) is 34.8 Å². The summed E-state index contributed by atoms with van der Waals surface area (Å²) >= 11 is 1.73. The predicted molar refractivity (Wildman–Crippen MR) is 128 cm³/mol. The number of fused-ring (bicyclic) bond motifs is 5. The molecule has 8 heteroatoms. The lowest BCUT2D eigenvalue weighted by Gasteiger charge is -2.33. The van der Waals surface area contributed by atoms with Gasteiger partial charge in [0.25, 0.3) is 0 Å². The number of rotatable bonds is 3. The lowest BCUT2D eigenvalue weighted by Crippen LogP contribution is -2.53. The zero-order valence-electron chi connectivity index (χ0n) is 18.5. The number of aliphatic imine (C=N–C) groups is 2. The molecule has 0 bridgehead atoms. The Hall–Kier alpha value is -2.29. The first-order chi connectivity index (χ1) is 15.4. The average Bonchev–Trinajstić information content (AvgIpc) is 3.31. The largest absolute Gasteiger partial charge is 0.378 e. The highest BCUT2D eigenvalue weighted by atomic mass is 32.2. The topological polar surface area (TPSA) is 89.0 Å². The Morgan fingerprint density at radius 1 is 1.22 bits per heavy atom. The highest BCUT2D eigenvalue weighted by Gasteiger charge is 2.49. The van der Waals surface area contributed by atoms with E-state index in [-0.39, 0.29) is 10.7 Å². The standard InChI is InChI=1S/C24H28N6OS/c1-23(2)11-16-17(12-23)21(30-6-8-31-9-7-30)29-22-18(16)19-20(32-22)24(25,28-14-27-19)10-15-4-3-5-26-13-15/h3-5,13-14,20H,6-12,25H2,1-2H3. The number of pyridine rings is 2. The van der Waals surface area contributed by atoms with Gasteiger partial charge < -0.3 is 15.4 Å². The van der Waals surface area contributed by atoms with Gasteiger partial charge in [-0.05, 0) is 41.0 Å². The van der Waals surface area contributed by atoms with Gasteiger partial charge in [0.2, 0.25) is 0 Å². The number of ether oxygens (including phenoxy) is 1. The normalized spacial score (nSPS) is 27.7. The van der Waals surface area contributed by atoms with Gasteiger partial charge in [-0.2, -0.15) is 0 Å². The zero-order chi connectivity index (χ0) is 21.9. The fraction of sp³-hybridized carbons (Fsp3) is 0.500. The summed E-state index contributed by atoms with van der Waals surface area (Å²) < 4.78 is 5.60. The molecule has 7 nitrogen and oxygen atoms in total. The molecule has 0 amide bonds. The third-order valence-corrected chi connectivity index (χ3v) is 8.26. The Morgan fingerprint density at radius 3 is 2.81 bits per heavy atom. The molecule has 166 valence electrons. The maximum atomic E-state index is 6.95. The Kier molecular flexibility index (Phi) is 4.68. The van der Waals surface area contributed by atoms with Crippen molar-refractivity contribution in [3.8, 4) is 0 Å². The molecule has 2 aromatic rings. The molecule has 2 N–H and O–H groups in total. The van der Waals surface area contributed by atoms with Crippen LogP contribution in [0, 0.1) is 5.41 Å². The van der Waals surface area contributed by atoms with Crippen LogP contribution in [0.1, 0.15) is 36.1 Å². The summed E-state index contributed by atoms with van der Waals surface area (Å²) in [6, 6.07) is 4.01. The number of hydrogen-bond donors (Lipinski definition) is 1. The molecule has 2 atom stereocenters. The number of nitrogens with zero attached hydrogens (tertiary/aromatic N) is 5.